The maximum absolute atomic E-state index is 8.88. The molecule has 5 nitrogen and oxygen atoms in total. The van der Waals surface area contributed by atoms with E-state index in [-0.39, 0.29) is 0 Å². The number of anilines is 3. The topological polar surface area (TPSA) is 73.6 Å². The lowest BCUT2D eigenvalue weighted by Crippen LogP contribution is -2.09. The highest BCUT2D eigenvalue weighted by Gasteiger charge is 2.01. The summed E-state index contributed by atoms with van der Waals surface area (Å²) in [6, 6.07) is 11.2. The molecule has 0 radical (unpaired) electrons. The van der Waals surface area contributed by atoms with E-state index in [0.717, 1.165) is 18.1 Å². The van der Waals surface area contributed by atoms with Gasteiger partial charge in [0.05, 0.1) is 11.6 Å². The minimum Gasteiger partial charge on any atom is -0.370 e. The van der Waals surface area contributed by atoms with Crippen LogP contribution < -0.4 is 10.6 Å². The summed E-state index contributed by atoms with van der Waals surface area (Å²) < 4.78 is 0. The molecular weight excluding hydrogens is 250 g/mol. The molecule has 0 unspecified atom stereocenters. The van der Waals surface area contributed by atoms with Gasteiger partial charge in [0.1, 0.15) is 18.0 Å². The average Bonchev–Trinajstić information content (AvgIpc) is 2.46. The average molecular weight is 267 g/mol. The molecule has 0 aliphatic rings. The van der Waals surface area contributed by atoms with Crippen LogP contribution in [-0.2, 0) is 0 Å². The predicted octanol–water partition coefficient (Wildman–Crippen LogP) is 3.16. The number of hydrogen-bond donors (Lipinski definition) is 2. The van der Waals surface area contributed by atoms with Crippen molar-refractivity contribution in [3.63, 3.8) is 0 Å². The Morgan fingerprint density at radius 1 is 1.20 bits per heavy atom. The first-order valence-corrected chi connectivity index (χ1v) is 6.50. The van der Waals surface area contributed by atoms with Gasteiger partial charge in [-0.05, 0) is 24.1 Å². The van der Waals surface area contributed by atoms with Gasteiger partial charge >= 0.3 is 0 Å². The lowest BCUT2D eigenvalue weighted by Gasteiger charge is -2.10. The van der Waals surface area contributed by atoms with Crippen molar-refractivity contribution in [3.8, 4) is 6.07 Å². The van der Waals surface area contributed by atoms with Gasteiger partial charge in [-0.2, -0.15) is 5.26 Å². The van der Waals surface area contributed by atoms with E-state index in [9.17, 15) is 0 Å². The molecule has 0 atom stereocenters. The van der Waals surface area contributed by atoms with Gasteiger partial charge in [-0.25, -0.2) is 9.97 Å². The summed E-state index contributed by atoms with van der Waals surface area (Å²) in [5, 5.41) is 15.3. The molecule has 0 spiro atoms. The third-order valence-corrected chi connectivity index (χ3v) is 2.62. The fourth-order valence-electron chi connectivity index (χ4n) is 1.65. The Morgan fingerprint density at radius 3 is 2.75 bits per heavy atom. The number of rotatable bonds is 5. The van der Waals surface area contributed by atoms with Gasteiger partial charge in [-0.3, -0.25) is 0 Å². The molecule has 2 N–H and O–H groups in total. The zero-order valence-electron chi connectivity index (χ0n) is 11.6. The van der Waals surface area contributed by atoms with Crippen molar-refractivity contribution in [2.45, 2.75) is 13.8 Å². The van der Waals surface area contributed by atoms with Crippen molar-refractivity contribution < 1.29 is 0 Å². The minimum absolute atomic E-state index is 0.550. The van der Waals surface area contributed by atoms with Crippen LogP contribution in [0, 0.1) is 17.2 Å². The first-order valence-electron chi connectivity index (χ1n) is 6.50. The second-order valence-electron chi connectivity index (χ2n) is 4.88. The van der Waals surface area contributed by atoms with Gasteiger partial charge in [0, 0.05) is 18.3 Å². The quantitative estimate of drug-likeness (QED) is 0.870. The highest BCUT2D eigenvalue weighted by molar-refractivity contribution is 5.60. The lowest BCUT2D eigenvalue weighted by atomic mass is 10.2. The van der Waals surface area contributed by atoms with E-state index in [2.05, 4.69) is 40.5 Å². The molecule has 0 saturated carbocycles. The van der Waals surface area contributed by atoms with E-state index < -0.39 is 0 Å². The maximum atomic E-state index is 8.88. The number of benzene rings is 1. The summed E-state index contributed by atoms with van der Waals surface area (Å²) in [4.78, 5) is 8.34. The van der Waals surface area contributed by atoms with Crippen molar-refractivity contribution in [1.29, 1.82) is 5.26 Å². The SMILES string of the molecule is CC(C)CNc1cc(Nc2cccc(C#N)c2)ncn1. The Labute approximate surface area is 118 Å². The molecule has 0 saturated heterocycles. The molecular formula is C15H17N5. The van der Waals surface area contributed by atoms with Crippen molar-refractivity contribution in [2.24, 2.45) is 5.92 Å². The lowest BCUT2D eigenvalue weighted by molar-refractivity contribution is 0.687. The largest absolute Gasteiger partial charge is 0.370 e. The molecule has 0 amide bonds. The van der Waals surface area contributed by atoms with E-state index >= 15 is 0 Å². The van der Waals surface area contributed by atoms with Gasteiger partial charge < -0.3 is 10.6 Å². The molecule has 0 bridgehead atoms. The van der Waals surface area contributed by atoms with E-state index in [4.69, 9.17) is 5.26 Å². The van der Waals surface area contributed by atoms with Gasteiger partial charge in [0.25, 0.3) is 0 Å². The second-order valence-corrected chi connectivity index (χ2v) is 4.88. The third kappa shape index (κ3) is 3.95. The normalized spacial score (nSPS) is 10.1. The van der Waals surface area contributed by atoms with Gasteiger partial charge in [-0.1, -0.05) is 19.9 Å². The second kappa shape index (κ2) is 6.53. The molecule has 1 aromatic heterocycles. The van der Waals surface area contributed by atoms with Crippen LogP contribution in [0.25, 0.3) is 0 Å². The van der Waals surface area contributed by atoms with E-state index in [1.165, 1.54) is 6.33 Å². The summed E-state index contributed by atoms with van der Waals surface area (Å²) in [6.07, 6.45) is 1.51. The molecule has 0 aliphatic carbocycles. The van der Waals surface area contributed by atoms with Crippen LogP contribution in [0.3, 0.4) is 0 Å². The van der Waals surface area contributed by atoms with Crippen LogP contribution in [0.2, 0.25) is 0 Å². The monoisotopic (exact) mass is 267 g/mol. The Bertz CT molecular complexity index is 616. The molecule has 5 heteroatoms. The van der Waals surface area contributed by atoms with Gasteiger partial charge in [-0.15, -0.1) is 0 Å². The van der Waals surface area contributed by atoms with Crippen molar-refractivity contribution >= 4 is 17.3 Å². The van der Waals surface area contributed by atoms with E-state index in [0.29, 0.717) is 17.3 Å². The van der Waals surface area contributed by atoms with Crippen LogP contribution >= 0.6 is 0 Å². The summed E-state index contributed by atoms with van der Waals surface area (Å²) in [6.45, 7) is 5.14. The molecule has 0 aliphatic heterocycles. The maximum Gasteiger partial charge on any atom is 0.135 e. The summed E-state index contributed by atoms with van der Waals surface area (Å²) in [5.74, 6) is 2.03. The fraction of sp³-hybridized carbons (Fsp3) is 0.267. The van der Waals surface area contributed by atoms with Crippen molar-refractivity contribution in [3.05, 3.63) is 42.2 Å². The smallest absolute Gasteiger partial charge is 0.135 e. The third-order valence-electron chi connectivity index (χ3n) is 2.62. The molecule has 2 aromatic rings. The summed E-state index contributed by atoms with van der Waals surface area (Å²) in [5.41, 5.74) is 1.44. The zero-order valence-corrected chi connectivity index (χ0v) is 11.6. The highest BCUT2D eigenvalue weighted by atomic mass is 15.1. The van der Waals surface area contributed by atoms with Crippen LogP contribution in [0.15, 0.2) is 36.7 Å². The summed E-state index contributed by atoms with van der Waals surface area (Å²) in [7, 11) is 0. The van der Waals surface area contributed by atoms with Crippen molar-refractivity contribution in [2.75, 3.05) is 17.2 Å². The van der Waals surface area contributed by atoms with E-state index in [1.54, 1.807) is 12.1 Å². The number of aromatic nitrogens is 2. The number of nitrogens with zero attached hydrogens (tertiary/aromatic N) is 3. The Kier molecular flexibility index (Phi) is 4.51. The van der Waals surface area contributed by atoms with Crippen LogP contribution in [0.5, 0.6) is 0 Å². The predicted molar refractivity (Wildman–Crippen MR) is 79.8 cm³/mol. The number of nitrogens with one attached hydrogen (secondary N) is 2. The molecule has 102 valence electrons. The van der Waals surface area contributed by atoms with Crippen LogP contribution in [0.4, 0.5) is 17.3 Å². The standard InChI is InChI=1S/C15H17N5/c1-11(2)9-17-14-7-15(19-10-18-14)20-13-5-3-4-12(6-13)8-16/h3-7,10-11H,9H2,1-2H3,(H2,17,18,19,20). The fourth-order valence-corrected chi connectivity index (χ4v) is 1.65. The zero-order chi connectivity index (χ0) is 14.4. The van der Waals surface area contributed by atoms with Gasteiger partial charge in [0.2, 0.25) is 0 Å². The Hall–Kier alpha value is -2.61. The van der Waals surface area contributed by atoms with E-state index in [1.807, 2.05) is 18.2 Å². The van der Waals surface area contributed by atoms with Crippen molar-refractivity contribution in [1.82, 2.24) is 9.97 Å². The minimum atomic E-state index is 0.550. The highest BCUT2D eigenvalue weighted by Crippen LogP contribution is 2.17. The molecule has 1 aromatic carbocycles. The van der Waals surface area contributed by atoms with Crippen LogP contribution in [0.1, 0.15) is 19.4 Å². The Balaban J connectivity index is 2.09. The Morgan fingerprint density at radius 2 is 2.00 bits per heavy atom. The first kappa shape index (κ1) is 13.8. The van der Waals surface area contributed by atoms with Crippen LogP contribution in [-0.4, -0.2) is 16.5 Å². The molecule has 1 heterocycles. The molecule has 0 fully saturated rings. The number of hydrogen-bond acceptors (Lipinski definition) is 5. The molecule has 2 rings (SSSR count). The summed E-state index contributed by atoms with van der Waals surface area (Å²) >= 11 is 0. The first-order chi connectivity index (χ1) is 9.67. The molecule has 20 heavy (non-hydrogen) atoms. The van der Waals surface area contributed by atoms with Gasteiger partial charge in [0.15, 0.2) is 0 Å². The number of nitriles is 1.